The lowest BCUT2D eigenvalue weighted by Gasteiger charge is -2.34. The molecule has 0 aromatic carbocycles. The van der Waals surface area contributed by atoms with Gasteiger partial charge in [-0.1, -0.05) is 25.7 Å². The molecule has 3 aromatic rings. The third-order valence-electron chi connectivity index (χ3n) is 6.30. The standard InChI is InChI=1S/C24H33N5O3Si/c1-16-20(31-3)14-26-22-21(16)29(15-32-12-13-33(4,5)6)23(27-22)24(30)28-11-9-19-18(17(28)2)8-7-10-25-19/h7-8,10,14,17H,9,11-13,15H2,1-6H3/t17-/m1/s1. The van der Waals surface area contributed by atoms with Crippen LogP contribution in [0.1, 0.15) is 40.4 Å². The molecule has 1 aliphatic rings. The van der Waals surface area contributed by atoms with Crippen LogP contribution in [0, 0.1) is 6.92 Å². The Morgan fingerprint density at radius 3 is 2.79 bits per heavy atom. The molecule has 9 heteroatoms. The molecule has 0 fully saturated rings. The Labute approximate surface area is 196 Å². The van der Waals surface area contributed by atoms with Gasteiger partial charge < -0.3 is 14.4 Å². The Kier molecular flexibility index (Phi) is 6.53. The van der Waals surface area contributed by atoms with Gasteiger partial charge in [0.1, 0.15) is 12.5 Å². The van der Waals surface area contributed by atoms with E-state index in [0.29, 0.717) is 30.4 Å². The van der Waals surface area contributed by atoms with Crippen molar-refractivity contribution in [1.29, 1.82) is 0 Å². The summed E-state index contributed by atoms with van der Waals surface area (Å²) in [5.74, 6) is 0.888. The Balaban J connectivity index is 1.70. The number of pyridine rings is 2. The number of hydrogen-bond donors (Lipinski definition) is 0. The van der Waals surface area contributed by atoms with E-state index >= 15 is 0 Å². The molecule has 0 unspecified atom stereocenters. The van der Waals surface area contributed by atoms with Crippen LogP contribution in [-0.4, -0.2) is 58.7 Å². The molecule has 0 bridgehead atoms. The van der Waals surface area contributed by atoms with Crippen molar-refractivity contribution in [3.05, 3.63) is 47.2 Å². The highest BCUT2D eigenvalue weighted by atomic mass is 28.3. The number of hydrogen-bond acceptors (Lipinski definition) is 6. The van der Waals surface area contributed by atoms with Gasteiger partial charge in [0, 0.05) is 45.1 Å². The van der Waals surface area contributed by atoms with E-state index in [1.807, 2.05) is 41.6 Å². The zero-order valence-corrected chi connectivity index (χ0v) is 21.4. The molecule has 8 nitrogen and oxygen atoms in total. The van der Waals surface area contributed by atoms with E-state index < -0.39 is 8.07 Å². The number of amides is 1. The van der Waals surface area contributed by atoms with Crippen molar-refractivity contribution >= 4 is 25.1 Å². The van der Waals surface area contributed by atoms with Crippen LogP contribution in [0.5, 0.6) is 5.75 Å². The molecule has 0 aliphatic carbocycles. The molecule has 4 heterocycles. The minimum absolute atomic E-state index is 0.0837. The van der Waals surface area contributed by atoms with Crippen molar-refractivity contribution in [1.82, 2.24) is 24.4 Å². The Hall–Kier alpha value is -2.78. The summed E-state index contributed by atoms with van der Waals surface area (Å²) in [5.41, 5.74) is 4.33. The third-order valence-corrected chi connectivity index (χ3v) is 8.00. The summed E-state index contributed by atoms with van der Waals surface area (Å²) in [4.78, 5) is 29.3. The van der Waals surface area contributed by atoms with E-state index in [-0.39, 0.29) is 18.7 Å². The molecule has 0 saturated carbocycles. The number of aromatic nitrogens is 4. The van der Waals surface area contributed by atoms with Crippen molar-refractivity contribution in [2.45, 2.75) is 58.7 Å². The summed E-state index contributed by atoms with van der Waals surface area (Å²) in [6.07, 6.45) is 4.19. The van der Waals surface area contributed by atoms with Crippen LogP contribution in [0.4, 0.5) is 0 Å². The first-order valence-electron chi connectivity index (χ1n) is 11.4. The van der Waals surface area contributed by atoms with Gasteiger partial charge in [0.25, 0.3) is 5.91 Å². The van der Waals surface area contributed by atoms with E-state index in [1.54, 1.807) is 13.3 Å². The molecule has 1 amide bonds. The van der Waals surface area contributed by atoms with E-state index in [2.05, 4.69) is 34.6 Å². The lowest BCUT2D eigenvalue weighted by atomic mass is 9.98. The fraction of sp³-hybridized carbons (Fsp3) is 0.500. The van der Waals surface area contributed by atoms with Gasteiger partial charge in [0.15, 0.2) is 5.65 Å². The highest BCUT2D eigenvalue weighted by Gasteiger charge is 2.32. The van der Waals surface area contributed by atoms with Crippen LogP contribution in [-0.2, 0) is 17.9 Å². The summed E-state index contributed by atoms with van der Waals surface area (Å²) < 4.78 is 13.4. The van der Waals surface area contributed by atoms with Crippen molar-refractivity contribution in [2.75, 3.05) is 20.3 Å². The van der Waals surface area contributed by atoms with Gasteiger partial charge in [0.2, 0.25) is 5.82 Å². The quantitative estimate of drug-likeness (QED) is 0.382. The minimum Gasteiger partial charge on any atom is -0.495 e. The summed E-state index contributed by atoms with van der Waals surface area (Å²) in [6.45, 7) is 12.5. The van der Waals surface area contributed by atoms with Gasteiger partial charge in [0.05, 0.1) is 24.9 Å². The zero-order chi connectivity index (χ0) is 23.8. The van der Waals surface area contributed by atoms with Crippen LogP contribution < -0.4 is 4.74 Å². The van der Waals surface area contributed by atoms with Crippen LogP contribution in [0.15, 0.2) is 24.5 Å². The summed E-state index contributed by atoms with van der Waals surface area (Å²) in [7, 11) is 0.392. The Bertz CT molecular complexity index is 1170. The van der Waals surface area contributed by atoms with E-state index in [0.717, 1.165) is 34.8 Å². The second kappa shape index (κ2) is 9.22. The average Bonchev–Trinajstić information content (AvgIpc) is 3.16. The molecule has 0 spiro atoms. The van der Waals surface area contributed by atoms with Gasteiger partial charge in [-0.05, 0) is 31.5 Å². The molecule has 0 N–H and O–H groups in total. The summed E-state index contributed by atoms with van der Waals surface area (Å²) >= 11 is 0. The first kappa shape index (κ1) is 23.4. The van der Waals surface area contributed by atoms with Crippen molar-refractivity contribution in [3.63, 3.8) is 0 Å². The topological polar surface area (TPSA) is 82.4 Å². The molecule has 0 radical (unpaired) electrons. The van der Waals surface area contributed by atoms with Gasteiger partial charge in [-0.25, -0.2) is 9.97 Å². The first-order chi connectivity index (χ1) is 15.7. The molecule has 1 aliphatic heterocycles. The molecule has 4 rings (SSSR count). The number of fused-ring (bicyclic) bond motifs is 2. The van der Waals surface area contributed by atoms with E-state index in [9.17, 15) is 4.79 Å². The number of carbonyl (C=O) groups is 1. The maximum absolute atomic E-state index is 13.8. The number of nitrogens with zero attached hydrogens (tertiary/aromatic N) is 5. The Morgan fingerprint density at radius 2 is 2.06 bits per heavy atom. The molecule has 33 heavy (non-hydrogen) atoms. The maximum atomic E-state index is 13.8. The first-order valence-corrected chi connectivity index (χ1v) is 15.1. The lowest BCUT2D eigenvalue weighted by Crippen LogP contribution is -2.40. The van der Waals surface area contributed by atoms with Gasteiger partial charge in [-0.15, -0.1) is 0 Å². The predicted molar refractivity (Wildman–Crippen MR) is 130 cm³/mol. The number of imidazole rings is 1. The average molecular weight is 468 g/mol. The van der Waals surface area contributed by atoms with Gasteiger partial charge in [-0.3, -0.25) is 14.3 Å². The summed E-state index contributed by atoms with van der Waals surface area (Å²) in [6, 6.07) is 4.94. The van der Waals surface area contributed by atoms with Crippen molar-refractivity contribution < 1.29 is 14.3 Å². The maximum Gasteiger partial charge on any atom is 0.290 e. The number of ether oxygens (including phenoxy) is 2. The van der Waals surface area contributed by atoms with Crippen LogP contribution >= 0.6 is 0 Å². The van der Waals surface area contributed by atoms with Gasteiger partial charge in [-0.2, -0.15) is 0 Å². The highest BCUT2D eigenvalue weighted by molar-refractivity contribution is 6.76. The fourth-order valence-electron chi connectivity index (χ4n) is 4.30. The Morgan fingerprint density at radius 1 is 1.27 bits per heavy atom. The number of rotatable bonds is 7. The van der Waals surface area contributed by atoms with Crippen LogP contribution in [0.25, 0.3) is 11.2 Å². The van der Waals surface area contributed by atoms with Gasteiger partial charge >= 0.3 is 0 Å². The van der Waals surface area contributed by atoms with E-state index in [1.165, 1.54) is 0 Å². The van der Waals surface area contributed by atoms with Crippen LogP contribution in [0.3, 0.4) is 0 Å². The number of carbonyl (C=O) groups excluding carboxylic acids is 1. The largest absolute Gasteiger partial charge is 0.495 e. The summed E-state index contributed by atoms with van der Waals surface area (Å²) in [5, 5.41) is 0. The molecule has 1 atom stereocenters. The zero-order valence-electron chi connectivity index (χ0n) is 20.4. The smallest absolute Gasteiger partial charge is 0.290 e. The molecular formula is C24H33N5O3Si. The number of methoxy groups -OCH3 is 1. The molecular weight excluding hydrogens is 434 g/mol. The van der Waals surface area contributed by atoms with Crippen molar-refractivity contribution in [2.24, 2.45) is 0 Å². The minimum atomic E-state index is -1.23. The normalized spacial score (nSPS) is 16.2. The lowest BCUT2D eigenvalue weighted by molar-refractivity contribution is 0.0606. The fourth-order valence-corrected chi connectivity index (χ4v) is 5.05. The molecule has 0 saturated heterocycles. The SMILES string of the molecule is COc1cnc2nc(C(=O)N3CCc4ncccc4[C@H]3C)n(COCC[Si](C)(C)C)c2c1C. The van der Waals surface area contributed by atoms with E-state index in [4.69, 9.17) is 9.47 Å². The highest BCUT2D eigenvalue weighted by Crippen LogP contribution is 2.31. The van der Waals surface area contributed by atoms with Crippen molar-refractivity contribution in [3.8, 4) is 5.75 Å². The number of aryl methyl sites for hydroxylation is 1. The third kappa shape index (κ3) is 4.65. The predicted octanol–water partition coefficient (Wildman–Crippen LogP) is 4.22. The second-order valence-corrected chi connectivity index (χ2v) is 15.4. The second-order valence-electron chi connectivity index (χ2n) is 9.80. The molecule has 3 aromatic heterocycles. The molecule has 176 valence electrons. The monoisotopic (exact) mass is 467 g/mol. The van der Waals surface area contributed by atoms with Crippen LogP contribution in [0.2, 0.25) is 25.7 Å².